The summed E-state index contributed by atoms with van der Waals surface area (Å²) in [6.45, 7) is -0.785. The van der Waals surface area contributed by atoms with E-state index in [9.17, 15) is 14.4 Å². The molecular formula is C21H20Cl2N2O4. The third-order valence-electron chi connectivity index (χ3n) is 4.64. The molecule has 3 rings (SSSR count). The van der Waals surface area contributed by atoms with Crippen LogP contribution in [-0.4, -0.2) is 30.9 Å². The molecule has 0 spiro atoms. The van der Waals surface area contributed by atoms with E-state index in [2.05, 4.69) is 16.7 Å². The van der Waals surface area contributed by atoms with Crippen LogP contribution in [-0.2, 0) is 20.7 Å². The van der Waals surface area contributed by atoms with Gasteiger partial charge in [-0.15, -0.1) is 0 Å². The Kier molecular flexibility index (Phi) is 7.12. The van der Waals surface area contributed by atoms with E-state index in [0.717, 1.165) is 24.8 Å². The number of ether oxygens (including phenoxy) is 1. The fourth-order valence-electron chi connectivity index (χ4n) is 3.26. The standard InChI is InChI=1S/C21H20Cl2N2O4/c22-14-8-9-16(17(23)10-14)21(28)24-11-20(27)29-12-19(26)25-18-7-3-5-13-4-1-2-6-15(13)18/h1-2,4,6,8-10,18H,3,5,7,11-12H2,(H,24,28)(H,25,26). The monoisotopic (exact) mass is 434 g/mol. The minimum atomic E-state index is -0.720. The number of aryl methyl sites for hydroxylation is 1. The summed E-state index contributed by atoms with van der Waals surface area (Å²) in [6.07, 6.45) is 2.82. The Morgan fingerprint density at radius 3 is 2.69 bits per heavy atom. The van der Waals surface area contributed by atoms with Crippen LogP contribution in [0.25, 0.3) is 0 Å². The third-order valence-corrected chi connectivity index (χ3v) is 5.19. The van der Waals surface area contributed by atoms with Crippen LogP contribution < -0.4 is 10.6 Å². The van der Waals surface area contributed by atoms with Gasteiger partial charge in [-0.25, -0.2) is 0 Å². The number of nitrogens with one attached hydrogen (secondary N) is 2. The lowest BCUT2D eigenvalue weighted by atomic mass is 9.88. The van der Waals surface area contributed by atoms with Gasteiger partial charge in [0.25, 0.3) is 11.8 Å². The maximum absolute atomic E-state index is 12.2. The van der Waals surface area contributed by atoms with Crippen molar-refractivity contribution in [1.29, 1.82) is 0 Å². The van der Waals surface area contributed by atoms with E-state index in [1.807, 2.05) is 18.2 Å². The Hall–Kier alpha value is -2.57. The lowest BCUT2D eigenvalue weighted by Gasteiger charge is -2.26. The first kappa shape index (κ1) is 21.1. The van der Waals surface area contributed by atoms with Gasteiger partial charge in [0.2, 0.25) is 0 Å². The predicted octanol–water partition coefficient (Wildman–Crippen LogP) is 3.46. The van der Waals surface area contributed by atoms with Crippen LogP contribution in [0.3, 0.4) is 0 Å². The molecular weight excluding hydrogens is 415 g/mol. The number of halogens is 2. The number of benzene rings is 2. The number of hydrogen-bond acceptors (Lipinski definition) is 4. The second-order valence-electron chi connectivity index (χ2n) is 6.68. The van der Waals surface area contributed by atoms with Gasteiger partial charge in [0.15, 0.2) is 6.61 Å². The summed E-state index contributed by atoms with van der Waals surface area (Å²) in [6, 6.07) is 12.3. The first-order valence-electron chi connectivity index (χ1n) is 9.20. The van der Waals surface area contributed by atoms with Crippen LogP contribution in [0.1, 0.15) is 40.4 Å². The summed E-state index contributed by atoms with van der Waals surface area (Å²) in [5.74, 6) is -1.64. The molecule has 0 aliphatic heterocycles. The van der Waals surface area contributed by atoms with Crippen molar-refractivity contribution >= 4 is 41.0 Å². The molecule has 0 heterocycles. The maximum Gasteiger partial charge on any atom is 0.325 e. The lowest BCUT2D eigenvalue weighted by Crippen LogP contribution is -2.36. The quantitative estimate of drug-likeness (QED) is 0.681. The Morgan fingerprint density at radius 1 is 1.10 bits per heavy atom. The first-order chi connectivity index (χ1) is 13.9. The van der Waals surface area contributed by atoms with Crippen molar-refractivity contribution in [2.24, 2.45) is 0 Å². The van der Waals surface area contributed by atoms with Crippen LogP contribution in [0.4, 0.5) is 0 Å². The van der Waals surface area contributed by atoms with Crippen molar-refractivity contribution in [3.63, 3.8) is 0 Å². The molecule has 0 fully saturated rings. The van der Waals surface area contributed by atoms with Crippen molar-refractivity contribution in [2.75, 3.05) is 13.2 Å². The van der Waals surface area contributed by atoms with Crippen molar-refractivity contribution in [2.45, 2.75) is 25.3 Å². The van der Waals surface area contributed by atoms with Crippen LogP contribution in [0.5, 0.6) is 0 Å². The van der Waals surface area contributed by atoms with Gasteiger partial charge in [-0.3, -0.25) is 14.4 Å². The predicted molar refractivity (Wildman–Crippen MR) is 110 cm³/mol. The van der Waals surface area contributed by atoms with Crippen LogP contribution in [0, 0.1) is 0 Å². The Labute approximate surface area is 178 Å². The van der Waals surface area contributed by atoms with Crippen LogP contribution in [0.2, 0.25) is 10.0 Å². The number of carbonyl (C=O) groups excluding carboxylic acids is 3. The number of amides is 2. The summed E-state index contributed by atoms with van der Waals surface area (Å²) < 4.78 is 4.95. The van der Waals surface area contributed by atoms with Crippen molar-refractivity contribution < 1.29 is 19.1 Å². The van der Waals surface area contributed by atoms with Gasteiger partial charge in [-0.1, -0.05) is 47.5 Å². The van der Waals surface area contributed by atoms with E-state index in [-0.39, 0.29) is 29.1 Å². The molecule has 0 aromatic heterocycles. The largest absolute Gasteiger partial charge is 0.454 e. The van der Waals surface area contributed by atoms with Gasteiger partial charge in [0.1, 0.15) is 6.54 Å². The summed E-state index contributed by atoms with van der Waals surface area (Å²) in [7, 11) is 0. The zero-order valence-electron chi connectivity index (χ0n) is 15.5. The molecule has 1 unspecified atom stereocenters. The maximum atomic E-state index is 12.2. The molecule has 1 aliphatic carbocycles. The van der Waals surface area contributed by atoms with Gasteiger partial charge >= 0.3 is 5.97 Å². The van der Waals surface area contributed by atoms with Crippen molar-refractivity contribution in [1.82, 2.24) is 10.6 Å². The second-order valence-corrected chi connectivity index (χ2v) is 7.52. The summed E-state index contributed by atoms with van der Waals surface area (Å²) in [5.41, 5.74) is 2.52. The van der Waals surface area contributed by atoms with Gasteiger partial charge < -0.3 is 15.4 Å². The smallest absolute Gasteiger partial charge is 0.325 e. The zero-order valence-corrected chi connectivity index (χ0v) is 17.1. The fourth-order valence-corrected chi connectivity index (χ4v) is 3.75. The van der Waals surface area contributed by atoms with E-state index in [1.54, 1.807) is 0 Å². The molecule has 6 nitrogen and oxygen atoms in total. The summed E-state index contributed by atoms with van der Waals surface area (Å²) in [5, 5.41) is 5.88. The number of rotatable bonds is 6. The van der Waals surface area contributed by atoms with Crippen LogP contribution in [0.15, 0.2) is 42.5 Å². The molecule has 1 aliphatic rings. The highest BCUT2D eigenvalue weighted by atomic mass is 35.5. The number of carbonyl (C=O) groups is 3. The average molecular weight is 435 g/mol. The second kappa shape index (κ2) is 9.76. The summed E-state index contributed by atoms with van der Waals surface area (Å²) in [4.78, 5) is 36.1. The normalized spacial score (nSPS) is 15.2. The van der Waals surface area contributed by atoms with Gasteiger partial charge in [-0.2, -0.15) is 0 Å². The van der Waals surface area contributed by atoms with E-state index in [1.165, 1.54) is 23.8 Å². The molecule has 1 atom stereocenters. The zero-order chi connectivity index (χ0) is 20.8. The molecule has 8 heteroatoms. The SMILES string of the molecule is O=C(COC(=O)CNC(=O)c1ccc(Cl)cc1Cl)NC1CCCc2ccccc21. The average Bonchev–Trinajstić information content (AvgIpc) is 2.71. The molecule has 0 radical (unpaired) electrons. The Morgan fingerprint density at radius 2 is 1.90 bits per heavy atom. The minimum Gasteiger partial charge on any atom is -0.454 e. The van der Waals surface area contributed by atoms with E-state index in [0.29, 0.717) is 5.02 Å². The molecule has 2 aromatic rings. The van der Waals surface area contributed by atoms with E-state index in [4.69, 9.17) is 27.9 Å². The van der Waals surface area contributed by atoms with Gasteiger partial charge in [0, 0.05) is 5.02 Å². The van der Waals surface area contributed by atoms with Crippen molar-refractivity contribution in [3.8, 4) is 0 Å². The van der Waals surface area contributed by atoms with Crippen LogP contribution >= 0.6 is 23.2 Å². The lowest BCUT2D eigenvalue weighted by molar-refractivity contribution is -0.147. The first-order valence-corrected chi connectivity index (χ1v) is 9.95. The highest BCUT2D eigenvalue weighted by molar-refractivity contribution is 6.36. The highest BCUT2D eigenvalue weighted by Crippen LogP contribution is 2.29. The van der Waals surface area contributed by atoms with Crippen molar-refractivity contribution in [3.05, 3.63) is 69.2 Å². The van der Waals surface area contributed by atoms with Gasteiger partial charge in [-0.05, 0) is 48.6 Å². The molecule has 2 aromatic carbocycles. The molecule has 2 N–H and O–H groups in total. The fraction of sp³-hybridized carbons (Fsp3) is 0.286. The number of fused-ring (bicyclic) bond motifs is 1. The molecule has 0 saturated carbocycles. The molecule has 152 valence electrons. The molecule has 0 bridgehead atoms. The van der Waals surface area contributed by atoms with E-state index < -0.39 is 18.5 Å². The minimum absolute atomic E-state index is 0.0853. The molecule has 2 amide bonds. The topological polar surface area (TPSA) is 84.5 Å². The summed E-state index contributed by atoms with van der Waals surface area (Å²) >= 11 is 11.7. The Bertz CT molecular complexity index is 933. The molecule has 29 heavy (non-hydrogen) atoms. The highest BCUT2D eigenvalue weighted by Gasteiger charge is 2.22. The third kappa shape index (κ3) is 5.71. The van der Waals surface area contributed by atoms with E-state index >= 15 is 0 Å². The molecule has 0 saturated heterocycles. The van der Waals surface area contributed by atoms with Gasteiger partial charge in [0.05, 0.1) is 16.6 Å². The Balaban J connectivity index is 1.44. The number of esters is 1. The number of hydrogen-bond donors (Lipinski definition) is 2.